The largest absolute Gasteiger partial charge is 0.393 e. The van der Waals surface area contributed by atoms with E-state index >= 15 is 0 Å². The van der Waals surface area contributed by atoms with Gasteiger partial charge in [-0.25, -0.2) is 0 Å². The molecular weight excluding hydrogens is 460 g/mol. The summed E-state index contributed by atoms with van der Waals surface area (Å²) in [6.45, 7) is 10.7. The molecule has 4 saturated carbocycles. The highest BCUT2D eigenvalue weighted by atomic mass is 16.6. The van der Waals surface area contributed by atoms with Gasteiger partial charge in [-0.2, -0.15) is 0 Å². The van der Waals surface area contributed by atoms with Crippen molar-refractivity contribution < 1.29 is 35.1 Å². The van der Waals surface area contributed by atoms with E-state index in [1.165, 1.54) is 0 Å². The van der Waals surface area contributed by atoms with Crippen LogP contribution in [-0.2, 0) is 9.53 Å². The summed E-state index contributed by atoms with van der Waals surface area (Å²) in [6, 6.07) is 0. The van der Waals surface area contributed by atoms with Crippen LogP contribution >= 0.6 is 0 Å². The molecule has 0 aromatic carbocycles. The second kappa shape index (κ2) is 9.27. The summed E-state index contributed by atoms with van der Waals surface area (Å²) < 4.78 is 6.05. The summed E-state index contributed by atoms with van der Waals surface area (Å²) in [6.07, 6.45) is -0.286. The molecule has 0 bridgehead atoms. The van der Waals surface area contributed by atoms with Gasteiger partial charge in [-0.05, 0) is 73.0 Å². The first-order valence-electron chi connectivity index (χ1n) is 14.4. The highest BCUT2D eigenvalue weighted by Gasteiger charge is 2.69. The Morgan fingerprint density at radius 2 is 1.61 bits per heavy atom. The fraction of sp³-hybridized carbons (Fsp3) is 0.966. The molecule has 5 fully saturated rings. The van der Waals surface area contributed by atoms with Crippen molar-refractivity contribution in [3.8, 4) is 0 Å². The van der Waals surface area contributed by atoms with E-state index in [0.29, 0.717) is 31.1 Å². The zero-order chi connectivity index (χ0) is 26.3. The quantitative estimate of drug-likeness (QED) is 0.396. The van der Waals surface area contributed by atoms with Crippen LogP contribution in [0, 0.1) is 58.2 Å². The van der Waals surface area contributed by atoms with Crippen LogP contribution in [0.15, 0.2) is 0 Å². The first-order chi connectivity index (χ1) is 16.8. The van der Waals surface area contributed by atoms with Crippen LogP contribution in [0.25, 0.3) is 0 Å². The van der Waals surface area contributed by atoms with Gasteiger partial charge in [0.05, 0.1) is 30.5 Å². The molecule has 5 rings (SSSR count). The lowest BCUT2D eigenvalue weighted by atomic mass is 9.42. The zero-order valence-corrected chi connectivity index (χ0v) is 22.6. The van der Waals surface area contributed by atoms with Crippen LogP contribution in [-0.4, -0.2) is 68.1 Å². The average Bonchev–Trinajstić information content (AvgIpc) is 3.08. The number of rotatable bonds is 3. The molecule has 206 valence electrons. The van der Waals surface area contributed by atoms with E-state index in [9.17, 15) is 30.3 Å². The molecule has 36 heavy (non-hydrogen) atoms. The number of fused-ring (bicyclic) bond motifs is 5. The first-order valence-corrected chi connectivity index (χ1v) is 14.4. The molecule has 4 aliphatic carbocycles. The van der Waals surface area contributed by atoms with E-state index in [2.05, 4.69) is 27.7 Å². The van der Waals surface area contributed by atoms with E-state index in [-0.39, 0.29) is 47.4 Å². The number of aliphatic hydroxyl groups excluding tert-OH is 5. The molecule has 9 unspecified atom stereocenters. The number of hydrogen-bond donors (Lipinski definition) is 5. The Kier molecular flexibility index (Phi) is 6.96. The van der Waals surface area contributed by atoms with Crippen molar-refractivity contribution in [2.45, 2.75) is 116 Å². The smallest absolute Gasteiger partial charge is 0.155 e. The fourth-order valence-corrected chi connectivity index (χ4v) is 10.0. The predicted octanol–water partition coefficient (Wildman–Crippen LogP) is 2.50. The second-order valence-corrected chi connectivity index (χ2v) is 14.0. The molecule has 1 saturated heterocycles. The normalized spacial score (nSPS) is 56.1. The van der Waals surface area contributed by atoms with Gasteiger partial charge in [0, 0.05) is 30.1 Å². The lowest BCUT2D eigenvalue weighted by Crippen LogP contribution is -2.68. The number of ether oxygens (including phenoxy) is 1. The van der Waals surface area contributed by atoms with Crippen molar-refractivity contribution in [1.82, 2.24) is 0 Å². The third-order valence-corrected chi connectivity index (χ3v) is 12.2. The molecule has 0 aromatic rings. The monoisotopic (exact) mass is 508 g/mol. The lowest BCUT2D eigenvalue weighted by Gasteiger charge is -2.64. The lowest BCUT2D eigenvalue weighted by molar-refractivity contribution is -0.252. The minimum Gasteiger partial charge on any atom is -0.393 e. The van der Waals surface area contributed by atoms with Gasteiger partial charge in [-0.1, -0.05) is 34.6 Å². The first kappa shape index (κ1) is 27.0. The minimum atomic E-state index is -1.07. The molecule has 1 heterocycles. The Bertz CT molecular complexity index is 847. The molecule has 5 N–H and O–H groups in total. The van der Waals surface area contributed by atoms with Crippen LogP contribution < -0.4 is 0 Å². The van der Waals surface area contributed by atoms with Gasteiger partial charge < -0.3 is 30.3 Å². The summed E-state index contributed by atoms with van der Waals surface area (Å²) in [5, 5.41) is 54.7. The number of carbonyl (C=O) groups is 1. The van der Waals surface area contributed by atoms with Crippen molar-refractivity contribution in [2.24, 2.45) is 58.2 Å². The van der Waals surface area contributed by atoms with Gasteiger partial charge in [0.25, 0.3) is 0 Å². The van der Waals surface area contributed by atoms with Crippen molar-refractivity contribution in [1.29, 1.82) is 0 Å². The van der Waals surface area contributed by atoms with Gasteiger partial charge in [-0.15, -0.1) is 0 Å². The maximum atomic E-state index is 13.8. The number of hydrogen-bond acceptors (Lipinski definition) is 7. The SMILES string of the molecule is CC(C)C1CC(O)OC([C@H](C)C2CC(=O)C3C4C(O)[C@H](O)C5C[C@H](O)C[C@H](O)[C@]5(C)C4CC[C@@]32C)C1. The van der Waals surface area contributed by atoms with Gasteiger partial charge in [0.15, 0.2) is 6.29 Å². The van der Waals surface area contributed by atoms with Gasteiger partial charge in [-0.3, -0.25) is 4.79 Å². The Hall–Kier alpha value is -0.570. The van der Waals surface area contributed by atoms with Crippen LogP contribution in [0.3, 0.4) is 0 Å². The zero-order valence-electron chi connectivity index (χ0n) is 22.6. The minimum absolute atomic E-state index is 0.0760. The van der Waals surface area contributed by atoms with Crippen LogP contribution in [0.5, 0.6) is 0 Å². The molecule has 15 atom stereocenters. The van der Waals surface area contributed by atoms with Crippen LogP contribution in [0.2, 0.25) is 0 Å². The Balaban J connectivity index is 1.45. The van der Waals surface area contributed by atoms with E-state index < -0.39 is 48.0 Å². The fourth-order valence-electron chi connectivity index (χ4n) is 10.0. The van der Waals surface area contributed by atoms with Crippen molar-refractivity contribution >= 4 is 5.78 Å². The number of carbonyl (C=O) groups excluding carboxylic acids is 1. The van der Waals surface area contributed by atoms with Crippen LogP contribution in [0.4, 0.5) is 0 Å². The third kappa shape index (κ3) is 3.86. The van der Waals surface area contributed by atoms with Gasteiger partial charge in [0.2, 0.25) is 0 Å². The summed E-state index contributed by atoms with van der Waals surface area (Å²) >= 11 is 0. The standard InChI is InChI=1S/C29H48O7/c1-13(2)15-8-21(36-23(33)9-15)14(3)18-12-20(31)25-24-17(6-7-28(18,25)4)29(5)19(26(34)27(24)35)10-16(30)11-22(29)32/h13-19,21-27,30,32-35H,6-12H2,1-5H3/t14-,15?,16+,17?,18?,19?,21?,22+,23?,24?,25?,26-,27?,28-,29-/m1/s1. The number of Topliss-reactive ketones (excluding diaryl/α,β-unsaturated/α-hetero) is 1. The van der Waals surface area contributed by atoms with E-state index in [1.807, 2.05) is 6.92 Å². The molecular formula is C29H48O7. The maximum absolute atomic E-state index is 13.8. The molecule has 7 heteroatoms. The van der Waals surface area contributed by atoms with E-state index in [0.717, 1.165) is 19.3 Å². The predicted molar refractivity (Wildman–Crippen MR) is 133 cm³/mol. The van der Waals surface area contributed by atoms with E-state index in [1.54, 1.807) is 0 Å². The maximum Gasteiger partial charge on any atom is 0.155 e. The molecule has 0 amide bonds. The highest BCUT2D eigenvalue weighted by Crippen LogP contribution is 2.67. The van der Waals surface area contributed by atoms with Gasteiger partial charge in [0.1, 0.15) is 5.78 Å². The molecule has 5 aliphatic rings. The Labute approximate surface area is 215 Å². The van der Waals surface area contributed by atoms with E-state index in [4.69, 9.17) is 4.74 Å². The number of ketones is 1. The van der Waals surface area contributed by atoms with Crippen molar-refractivity contribution in [2.75, 3.05) is 0 Å². The summed E-state index contributed by atoms with van der Waals surface area (Å²) in [5.41, 5.74) is -0.977. The third-order valence-electron chi connectivity index (χ3n) is 12.2. The summed E-state index contributed by atoms with van der Waals surface area (Å²) in [5.74, 6) is -0.114. The molecule has 0 aromatic heterocycles. The van der Waals surface area contributed by atoms with Crippen molar-refractivity contribution in [3.05, 3.63) is 0 Å². The second-order valence-electron chi connectivity index (χ2n) is 14.0. The van der Waals surface area contributed by atoms with Crippen LogP contribution in [0.1, 0.15) is 79.6 Å². The summed E-state index contributed by atoms with van der Waals surface area (Å²) in [4.78, 5) is 13.8. The Morgan fingerprint density at radius 1 is 0.917 bits per heavy atom. The number of aliphatic hydroxyl groups is 5. The molecule has 0 spiro atoms. The molecule has 1 aliphatic heterocycles. The molecule has 7 nitrogen and oxygen atoms in total. The average molecular weight is 509 g/mol. The topological polar surface area (TPSA) is 127 Å². The van der Waals surface area contributed by atoms with Crippen molar-refractivity contribution in [3.63, 3.8) is 0 Å². The Morgan fingerprint density at radius 3 is 2.28 bits per heavy atom. The highest BCUT2D eigenvalue weighted by molar-refractivity contribution is 5.85. The van der Waals surface area contributed by atoms with Gasteiger partial charge >= 0.3 is 0 Å². The molecule has 0 radical (unpaired) electrons. The summed E-state index contributed by atoms with van der Waals surface area (Å²) in [7, 11) is 0.